The molecule has 0 bridgehead atoms. The molecule has 0 atom stereocenters. The summed E-state index contributed by atoms with van der Waals surface area (Å²) in [6, 6.07) is 0. The number of hydrogen-bond donors (Lipinski definition) is 0. The number of hydrogen-bond acceptors (Lipinski definition) is 3. The van der Waals surface area contributed by atoms with E-state index < -0.39 is 0 Å². The van der Waals surface area contributed by atoms with E-state index in [1.165, 1.54) is 32.6 Å². The van der Waals surface area contributed by atoms with Crippen LogP contribution in [0.4, 0.5) is 0 Å². The molecule has 0 aromatic heterocycles. The molecule has 108 valence electrons. The van der Waals surface area contributed by atoms with Crippen LogP contribution in [0.15, 0.2) is 0 Å². The summed E-state index contributed by atoms with van der Waals surface area (Å²) in [5.74, 6) is 2.18. The smallest absolute Gasteiger partial charge is 0.0316 e. The van der Waals surface area contributed by atoms with Crippen LogP contribution in [-0.4, -0.2) is 47.9 Å². The molecule has 0 radical (unpaired) electrons. The van der Waals surface area contributed by atoms with Crippen molar-refractivity contribution in [1.82, 2.24) is 15.1 Å². The Hall–Kier alpha value is -0.120. The third-order valence-electron chi connectivity index (χ3n) is 3.17. The zero-order valence-corrected chi connectivity index (χ0v) is 13.3. The van der Waals surface area contributed by atoms with E-state index >= 15 is 0 Å². The topological polar surface area (TPSA) is 9.72 Å². The number of rotatable bonds is 6. The molecule has 1 rings (SSSR count). The quantitative estimate of drug-likeness (QED) is 0.722. The van der Waals surface area contributed by atoms with Gasteiger partial charge in [0.25, 0.3) is 0 Å². The van der Waals surface area contributed by atoms with E-state index in [1.54, 1.807) is 0 Å². The number of nitrogens with zero attached hydrogens (tertiary/aromatic N) is 3. The molecule has 1 aliphatic heterocycles. The first-order valence-electron chi connectivity index (χ1n) is 7.67. The van der Waals surface area contributed by atoms with E-state index in [4.69, 9.17) is 0 Å². The standard InChI is InChI=1S/C15H33N3/c1-13(2)10-16-8-7-9-17(11-14(3)4)18(16)12-15(5)6/h13-15H,7-12H2,1-6H3. The molecule has 1 heterocycles. The van der Waals surface area contributed by atoms with Crippen LogP contribution in [0.1, 0.15) is 48.0 Å². The highest BCUT2D eigenvalue weighted by Gasteiger charge is 2.27. The first kappa shape index (κ1) is 15.9. The van der Waals surface area contributed by atoms with Crippen molar-refractivity contribution in [2.45, 2.75) is 48.0 Å². The molecular formula is C15H33N3. The Labute approximate surface area is 114 Å². The van der Waals surface area contributed by atoms with Gasteiger partial charge in [-0.15, -0.1) is 0 Å². The zero-order valence-electron chi connectivity index (χ0n) is 13.3. The molecule has 0 aromatic rings. The molecule has 0 saturated carbocycles. The normalized spacial score (nSPS) is 20.5. The molecule has 18 heavy (non-hydrogen) atoms. The summed E-state index contributed by atoms with van der Waals surface area (Å²) in [5.41, 5.74) is 0. The van der Waals surface area contributed by atoms with Gasteiger partial charge in [-0.3, -0.25) is 0 Å². The fraction of sp³-hybridized carbons (Fsp3) is 1.00. The van der Waals surface area contributed by atoms with Gasteiger partial charge < -0.3 is 0 Å². The summed E-state index contributed by atoms with van der Waals surface area (Å²) in [6.45, 7) is 19.8. The van der Waals surface area contributed by atoms with Crippen molar-refractivity contribution in [3.8, 4) is 0 Å². The van der Waals surface area contributed by atoms with Crippen LogP contribution < -0.4 is 0 Å². The lowest BCUT2D eigenvalue weighted by atomic mass is 10.1. The first-order chi connectivity index (χ1) is 8.40. The van der Waals surface area contributed by atoms with Crippen molar-refractivity contribution < 1.29 is 0 Å². The average Bonchev–Trinajstić information content (AvgIpc) is 2.20. The maximum atomic E-state index is 2.57. The van der Waals surface area contributed by atoms with E-state index in [0.29, 0.717) is 5.92 Å². The summed E-state index contributed by atoms with van der Waals surface area (Å²) in [6.07, 6.45) is 1.30. The Kier molecular flexibility index (Phi) is 6.61. The minimum atomic E-state index is 0.715. The minimum absolute atomic E-state index is 0.715. The third kappa shape index (κ3) is 5.25. The Balaban J connectivity index is 2.69. The van der Waals surface area contributed by atoms with Crippen molar-refractivity contribution in [2.24, 2.45) is 17.8 Å². The molecule has 0 aromatic carbocycles. The zero-order chi connectivity index (χ0) is 13.7. The third-order valence-corrected chi connectivity index (χ3v) is 3.17. The summed E-state index contributed by atoms with van der Waals surface area (Å²) in [4.78, 5) is 0. The lowest BCUT2D eigenvalue weighted by Gasteiger charge is -2.48. The van der Waals surface area contributed by atoms with Crippen LogP contribution in [0.25, 0.3) is 0 Å². The summed E-state index contributed by atoms with van der Waals surface area (Å²) < 4.78 is 0. The Morgan fingerprint density at radius 3 is 1.39 bits per heavy atom. The molecule has 0 amide bonds. The fourth-order valence-corrected chi connectivity index (χ4v) is 2.62. The highest BCUT2D eigenvalue weighted by molar-refractivity contribution is 4.69. The van der Waals surface area contributed by atoms with Crippen molar-refractivity contribution in [2.75, 3.05) is 32.7 Å². The van der Waals surface area contributed by atoms with Crippen molar-refractivity contribution in [3.05, 3.63) is 0 Å². The summed E-state index contributed by atoms with van der Waals surface area (Å²) in [7, 11) is 0. The predicted molar refractivity (Wildman–Crippen MR) is 79.0 cm³/mol. The van der Waals surface area contributed by atoms with Gasteiger partial charge in [-0.2, -0.15) is 5.12 Å². The Morgan fingerprint density at radius 1 is 0.667 bits per heavy atom. The molecule has 0 unspecified atom stereocenters. The minimum Gasteiger partial charge on any atom is -0.228 e. The summed E-state index contributed by atoms with van der Waals surface area (Å²) in [5, 5.41) is 7.67. The van der Waals surface area contributed by atoms with Crippen LogP contribution in [0.5, 0.6) is 0 Å². The molecule has 1 aliphatic rings. The molecule has 3 nitrogen and oxygen atoms in total. The van der Waals surface area contributed by atoms with Crippen molar-refractivity contribution in [1.29, 1.82) is 0 Å². The molecule has 0 aliphatic carbocycles. The first-order valence-corrected chi connectivity index (χ1v) is 7.67. The van der Waals surface area contributed by atoms with E-state index in [9.17, 15) is 0 Å². The highest BCUT2D eigenvalue weighted by atomic mass is 15.9. The fourth-order valence-electron chi connectivity index (χ4n) is 2.62. The van der Waals surface area contributed by atoms with Crippen LogP contribution >= 0.6 is 0 Å². The van der Waals surface area contributed by atoms with E-state index in [1.807, 2.05) is 0 Å². The average molecular weight is 255 g/mol. The molecule has 1 fully saturated rings. The lowest BCUT2D eigenvalue weighted by Crippen LogP contribution is -2.60. The van der Waals surface area contributed by atoms with Crippen LogP contribution in [-0.2, 0) is 0 Å². The summed E-state index contributed by atoms with van der Waals surface area (Å²) >= 11 is 0. The predicted octanol–water partition coefficient (Wildman–Crippen LogP) is 3.09. The van der Waals surface area contributed by atoms with Gasteiger partial charge >= 0.3 is 0 Å². The van der Waals surface area contributed by atoms with E-state index in [-0.39, 0.29) is 0 Å². The maximum absolute atomic E-state index is 2.57. The molecule has 1 saturated heterocycles. The molecule has 3 heteroatoms. The largest absolute Gasteiger partial charge is 0.228 e. The second kappa shape index (κ2) is 7.46. The SMILES string of the molecule is CC(C)CN1CCCN(CC(C)C)N1CC(C)C. The van der Waals surface area contributed by atoms with Crippen molar-refractivity contribution in [3.63, 3.8) is 0 Å². The van der Waals surface area contributed by atoms with E-state index in [0.717, 1.165) is 18.4 Å². The van der Waals surface area contributed by atoms with Crippen LogP contribution in [0.2, 0.25) is 0 Å². The monoisotopic (exact) mass is 255 g/mol. The Bertz CT molecular complexity index is 208. The van der Waals surface area contributed by atoms with Crippen molar-refractivity contribution >= 4 is 0 Å². The molecule has 0 spiro atoms. The van der Waals surface area contributed by atoms with Gasteiger partial charge in [0.2, 0.25) is 0 Å². The van der Waals surface area contributed by atoms with Gasteiger partial charge in [0.05, 0.1) is 0 Å². The number of hydrazine groups is 2. The molecular weight excluding hydrogens is 222 g/mol. The van der Waals surface area contributed by atoms with E-state index in [2.05, 4.69) is 56.7 Å². The second-order valence-electron chi connectivity index (χ2n) is 6.92. The highest BCUT2D eigenvalue weighted by Crippen LogP contribution is 2.18. The van der Waals surface area contributed by atoms with Gasteiger partial charge in [0.15, 0.2) is 0 Å². The van der Waals surface area contributed by atoms with Gasteiger partial charge in [0.1, 0.15) is 0 Å². The maximum Gasteiger partial charge on any atom is 0.0316 e. The van der Waals surface area contributed by atoms with Gasteiger partial charge in [-0.05, 0) is 24.2 Å². The van der Waals surface area contributed by atoms with Crippen LogP contribution in [0.3, 0.4) is 0 Å². The van der Waals surface area contributed by atoms with Crippen LogP contribution in [0, 0.1) is 17.8 Å². The van der Waals surface area contributed by atoms with Gasteiger partial charge in [0, 0.05) is 32.7 Å². The Morgan fingerprint density at radius 2 is 1.06 bits per heavy atom. The second-order valence-corrected chi connectivity index (χ2v) is 6.92. The van der Waals surface area contributed by atoms with Gasteiger partial charge in [-0.25, -0.2) is 10.0 Å². The van der Waals surface area contributed by atoms with Gasteiger partial charge in [-0.1, -0.05) is 41.5 Å². The lowest BCUT2D eigenvalue weighted by molar-refractivity contribution is -0.222. The molecule has 0 N–H and O–H groups in total.